The number of nitrogens with one attached hydrogen (secondary N) is 1. The Kier molecular flexibility index (Phi) is 5.10. The lowest BCUT2D eigenvalue weighted by atomic mass is 9.79. The molecule has 1 fully saturated rings. The third-order valence-electron chi connectivity index (χ3n) is 4.15. The minimum atomic E-state index is -0.618. The number of nitro groups is 1. The Morgan fingerprint density at radius 2 is 2.09 bits per heavy atom. The van der Waals surface area contributed by atoms with Crippen LogP contribution >= 0.6 is 0 Å². The zero-order valence-electron chi connectivity index (χ0n) is 12.9. The first-order chi connectivity index (χ1) is 10.4. The van der Waals surface area contributed by atoms with Gasteiger partial charge >= 0.3 is 0 Å². The Hall–Kier alpha value is -1.57. The van der Waals surface area contributed by atoms with Crippen LogP contribution in [0.15, 0.2) is 18.2 Å². The number of hydrogen-bond donors (Lipinski definition) is 2. The number of nitro benzene ring substituents is 1. The molecule has 1 atom stereocenters. The molecular formula is C15H22FN3O3. The van der Waals surface area contributed by atoms with E-state index in [1.165, 1.54) is 12.1 Å². The fraction of sp³-hybridized carbons (Fsp3) is 0.600. The zero-order valence-corrected chi connectivity index (χ0v) is 12.9. The lowest BCUT2D eigenvalue weighted by molar-refractivity contribution is -0.385. The van der Waals surface area contributed by atoms with Crippen molar-refractivity contribution in [1.82, 2.24) is 10.2 Å². The van der Waals surface area contributed by atoms with Gasteiger partial charge in [-0.25, -0.2) is 4.39 Å². The largest absolute Gasteiger partial charge is 0.396 e. The van der Waals surface area contributed by atoms with Gasteiger partial charge in [-0.2, -0.15) is 0 Å². The quantitative estimate of drug-likeness (QED) is 0.639. The van der Waals surface area contributed by atoms with Crippen molar-refractivity contribution < 1.29 is 14.4 Å². The van der Waals surface area contributed by atoms with Crippen LogP contribution in [0.25, 0.3) is 0 Å². The number of aliphatic hydroxyl groups excluding tert-OH is 1. The Morgan fingerprint density at radius 1 is 1.45 bits per heavy atom. The monoisotopic (exact) mass is 311 g/mol. The molecule has 0 aromatic heterocycles. The van der Waals surface area contributed by atoms with E-state index in [9.17, 15) is 19.6 Å². The summed E-state index contributed by atoms with van der Waals surface area (Å²) in [5, 5.41) is 23.9. The Labute approximate surface area is 129 Å². The van der Waals surface area contributed by atoms with Crippen LogP contribution in [0.1, 0.15) is 25.5 Å². The van der Waals surface area contributed by atoms with Gasteiger partial charge in [0, 0.05) is 61.9 Å². The molecule has 122 valence electrons. The highest BCUT2D eigenvalue weighted by atomic mass is 19.1. The van der Waals surface area contributed by atoms with E-state index in [0.717, 1.165) is 19.2 Å². The van der Waals surface area contributed by atoms with Gasteiger partial charge < -0.3 is 10.4 Å². The predicted molar refractivity (Wildman–Crippen MR) is 81.1 cm³/mol. The van der Waals surface area contributed by atoms with Crippen LogP contribution in [0.2, 0.25) is 0 Å². The van der Waals surface area contributed by atoms with Crippen LogP contribution in [0.4, 0.5) is 10.1 Å². The van der Waals surface area contributed by atoms with E-state index in [2.05, 4.69) is 10.2 Å². The molecule has 6 nitrogen and oxygen atoms in total. The molecule has 22 heavy (non-hydrogen) atoms. The summed E-state index contributed by atoms with van der Waals surface area (Å²) in [4.78, 5) is 12.5. The maximum atomic E-state index is 14.4. The SMILES string of the molecule is CC(C)(CO)[C@@H](c1cc([N+](=O)[O-])ccc1F)N1CCNCC1. The lowest BCUT2D eigenvalue weighted by Gasteiger charge is -2.43. The average molecular weight is 311 g/mol. The summed E-state index contributed by atoms with van der Waals surface area (Å²) >= 11 is 0. The zero-order chi connectivity index (χ0) is 16.3. The number of rotatable bonds is 5. The number of nitrogens with zero attached hydrogens (tertiary/aromatic N) is 2. The molecule has 1 aromatic rings. The van der Waals surface area contributed by atoms with Gasteiger partial charge in [-0.05, 0) is 6.07 Å². The van der Waals surface area contributed by atoms with Gasteiger partial charge in [-0.1, -0.05) is 13.8 Å². The van der Waals surface area contributed by atoms with E-state index >= 15 is 0 Å². The van der Waals surface area contributed by atoms with Gasteiger partial charge in [0.05, 0.1) is 4.92 Å². The minimum Gasteiger partial charge on any atom is -0.396 e. The van der Waals surface area contributed by atoms with Crippen LogP contribution in [-0.4, -0.2) is 47.7 Å². The molecule has 1 aliphatic heterocycles. The molecule has 0 radical (unpaired) electrons. The molecule has 1 saturated heterocycles. The standard InChI is InChI=1S/C15H22FN3O3/c1-15(2,10-20)14(18-7-5-17-6-8-18)12-9-11(19(21)22)3-4-13(12)16/h3-4,9,14,17,20H,5-8,10H2,1-2H3/t14-/m1/s1. The maximum Gasteiger partial charge on any atom is 0.269 e. The molecule has 7 heteroatoms. The van der Waals surface area contributed by atoms with E-state index in [1.807, 2.05) is 13.8 Å². The number of benzene rings is 1. The van der Waals surface area contributed by atoms with Crippen LogP contribution in [0, 0.1) is 21.3 Å². The predicted octanol–water partition coefficient (Wildman–Crippen LogP) is 1.70. The first-order valence-corrected chi connectivity index (χ1v) is 7.36. The van der Waals surface area contributed by atoms with Crippen molar-refractivity contribution >= 4 is 5.69 Å². The molecule has 1 aromatic carbocycles. The van der Waals surface area contributed by atoms with Gasteiger partial charge in [-0.15, -0.1) is 0 Å². The van der Waals surface area contributed by atoms with Crippen molar-refractivity contribution in [1.29, 1.82) is 0 Å². The normalized spacial score (nSPS) is 18.2. The second kappa shape index (κ2) is 6.68. The molecule has 0 saturated carbocycles. The van der Waals surface area contributed by atoms with Crippen LogP contribution < -0.4 is 5.32 Å². The van der Waals surface area contributed by atoms with E-state index in [4.69, 9.17) is 0 Å². The Balaban J connectivity index is 2.48. The molecule has 0 bridgehead atoms. The summed E-state index contributed by atoms with van der Waals surface area (Å²) in [6, 6.07) is 3.18. The first kappa shape index (κ1) is 16.8. The molecular weight excluding hydrogens is 289 g/mol. The van der Waals surface area contributed by atoms with Crippen molar-refractivity contribution in [2.75, 3.05) is 32.8 Å². The molecule has 0 unspecified atom stereocenters. The van der Waals surface area contributed by atoms with Crippen LogP contribution in [-0.2, 0) is 0 Å². The summed E-state index contributed by atoms with van der Waals surface area (Å²) in [5.41, 5.74) is -0.478. The summed E-state index contributed by atoms with van der Waals surface area (Å²) in [5.74, 6) is -0.476. The van der Waals surface area contributed by atoms with E-state index < -0.39 is 22.2 Å². The molecule has 2 N–H and O–H groups in total. The van der Waals surface area contributed by atoms with E-state index in [0.29, 0.717) is 13.1 Å². The van der Waals surface area contributed by atoms with Gasteiger partial charge in [0.15, 0.2) is 0 Å². The molecule has 0 aliphatic carbocycles. The maximum absolute atomic E-state index is 14.4. The molecule has 2 rings (SSSR count). The topological polar surface area (TPSA) is 78.6 Å². The van der Waals surface area contributed by atoms with Gasteiger partial charge in [0.25, 0.3) is 5.69 Å². The number of piperazine rings is 1. The summed E-state index contributed by atoms with van der Waals surface area (Å²) < 4.78 is 14.4. The van der Waals surface area contributed by atoms with Gasteiger partial charge in [0.2, 0.25) is 0 Å². The van der Waals surface area contributed by atoms with E-state index in [-0.39, 0.29) is 17.9 Å². The fourth-order valence-electron chi connectivity index (χ4n) is 2.99. The van der Waals surface area contributed by atoms with Gasteiger partial charge in [-0.3, -0.25) is 15.0 Å². The third kappa shape index (κ3) is 3.43. The summed E-state index contributed by atoms with van der Waals surface area (Å²) in [6.07, 6.45) is 0. The Bertz CT molecular complexity index is 545. The second-order valence-corrected chi connectivity index (χ2v) is 6.30. The van der Waals surface area contributed by atoms with Crippen LogP contribution in [0.5, 0.6) is 0 Å². The fourth-order valence-corrected chi connectivity index (χ4v) is 2.99. The minimum absolute atomic E-state index is 0.134. The van der Waals surface area contributed by atoms with Crippen molar-refractivity contribution in [3.8, 4) is 0 Å². The number of halogens is 1. The number of non-ortho nitro benzene ring substituents is 1. The van der Waals surface area contributed by atoms with Crippen molar-refractivity contribution in [2.45, 2.75) is 19.9 Å². The highest BCUT2D eigenvalue weighted by Crippen LogP contribution is 2.40. The van der Waals surface area contributed by atoms with Gasteiger partial charge in [0.1, 0.15) is 5.82 Å². The summed E-state index contributed by atoms with van der Waals surface area (Å²) in [6.45, 7) is 6.51. The molecule has 0 spiro atoms. The highest BCUT2D eigenvalue weighted by molar-refractivity contribution is 5.37. The van der Waals surface area contributed by atoms with Crippen LogP contribution in [0.3, 0.4) is 0 Å². The van der Waals surface area contributed by atoms with Crippen molar-refractivity contribution in [2.24, 2.45) is 5.41 Å². The van der Waals surface area contributed by atoms with Crippen molar-refractivity contribution in [3.05, 3.63) is 39.7 Å². The second-order valence-electron chi connectivity index (χ2n) is 6.30. The first-order valence-electron chi connectivity index (χ1n) is 7.36. The van der Waals surface area contributed by atoms with Crippen molar-refractivity contribution in [3.63, 3.8) is 0 Å². The third-order valence-corrected chi connectivity index (χ3v) is 4.15. The molecule has 1 aliphatic rings. The number of aliphatic hydroxyl groups is 1. The average Bonchev–Trinajstić information content (AvgIpc) is 2.50. The summed E-state index contributed by atoms with van der Waals surface area (Å²) in [7, 11) is 0. The number of hydrogen-bond acceptors (Lipinski definition) is 5. The van der Waals surface area contributed by atoms with E-state index in [1.54, 1.807) is 0 Å². The highest BCUT2D eigenvalue weighted by Gasteiger charge is 2.37. The molecule has 1 heterocycles. The Morgan fingerprint density at radius 3 is 2.64 bits per heavy atom. The smallest absolute Gasteiger partial charge is 0.269 e. The lowest BCUT2D eigenvalue weighted by Crippen LogP contribution is -2.49. The molecule has 0 amide bonds.